The third-order valence-electron chi connectivity index (χ3n) is 4.37. The lowest BCUT2D eigenvalue weighted by Crippen LogP contribution is -2.41. The van der Waals surface area contributed by atoms with Gasteiger partial charge in [0.1, 0.15) is 23.5 Å². The summed E-state index contributed by atoms with van der Waals surface area (Å²) in [5.74, 6) is 0.606. The first-order chi connectivity index (χ1) is 13.8. The number of ether oxygens (including phenoxy) is 1. The molecule has 3 rings (SSSR count). The Morgan fingerprint density at radius 3 is 2.28 bits per heavy atom. The summed E-state index contributed by atoms with van der Waals surface area (Å²) in [5.41, 5.74) is 0.329. The first kappa shape index (κ1) is 20.1. The second-order valence-corrected chi connectivity index (χ2v) is 7.15. The van der Waals surface area contributed by atoms with E-state index in [0.717, 1.165) is 5.56 Å². The van der Waals surface area contributed by atoms with E-state index in [-0.39, 0.29) is 5.82 Å². The largest absolute Gasteiger partial charge is 0.489 e. The lowest BCUT2D eigenvalue weighted by molar-refractivity contribution is -0.135. The number of carbonyl (C=O) groups excluding carboxylic acids is 2. The van der Waals surface area contributed by atoms with Crippen LogP contribution in [0.1, 0.15) is 25.2 Å². The molecule has 7 heteroatoms. The molecular weight excluding hydrogens is 370 g/mol. The van der Waals surface area contributed by atoms with Gasteiger partial charge in [0.15, 0.2) is 5.82 Å². The van der Waals surface area contributed by atoms with Crippen molar-refractivity contribution in [3.63, 3.8) is 0 Å². The molecule has 0 radical (unpaired) electrons. The maximum Gasteiger partial charge on any atom is 0.240 e. The lowest BCUT2D eigenvalue weighted by Gasteiger charge is -2.22. The van der Waals surface area contributed by atoms with Crippen molar-refractivity contribution in [2.24, 2.45) is 5.41 Å². The lowest BCUT2D eigenvalue weighted by atomic mass is 9.91. The molecule has 0 aliphatic rings. The quantitative estimate of drug-likeness (QED) is 0.588. The number of benzene rings is 2. The molecule has 2 N–H and O–H groups in total. The molecule has 1 aromatic heterocycles. The van der Waals surface area contributed by atoms with Gasteiger partial charge >= 0.3 is 0 Å². The van der Waals surface area contributed by atoms with E-state index in [1.54, 1.807) is 51.1 Å². The van der Waals surface area contributed by atoms with E-state index in [2.05, 4.69) is 15.8 Å². The predicted octanol–water partition coefficient (Wildman–Crippen LogP) is 4.17. The Balaban J connectivity index is 1.56. The van der Waals surface area contributed by atoms with Crippen molar-refractivity contribution in [1.29, 1.82) is 0 Å². The highest BCUT2D eigenvalue weighted by atomic mass is 16.5. The summed E-state index contributed by atoms with van der Waals surface area (Å²) in [7, 11) is 0. The van der Waals surface area contributed by atoms with Crippen LogP contribution >= 0.6 is 0 Å². The fraction of sp³-hybridized carbons (Fsp3) is 0.227. The van der Waals surface area contributed by atoms with E-state index < -0.39 is 17.2 Å². The van der Waals surface area contributed by atoms with Gasteiger partial charge in [-0.25, -0.2) is 0 Å². The van der Waals surface area contributed by atoms with E-state index in [9.17, 15) is 9.59 Å². The van der Waals surface area contributed by atoms with Crippen LogP contribution < -0.4 is 15.4 Å². The monoisotopic (exact) mass is 393 g/mol. The first-order valence-corrected chi connectivity index (χ1v) is 9.17. The second kappa shape index (κ2) is 8.60. The number of carbonyl (C=O) groups is 2. The summed E-state index contributed by atoms with van der Waals surface area (Å²) < 4.78 is 10.6. The van der Waals surface area contributed by atoms with Gasteiger partial charge in [0, 0.05) is 11.8 Å². The Kier molecular flexibility index (Phi) is 5.97. The van der Waals surface area contributed by atoms with Gasteiger partial charge in [0.05, 0.1) is 0 Å². The fourth-order valence-corrected chi connectivity index (χ4v) is 2.46. The zero-order valence-electron chi connectivity index (χ0n) is 16.6. The van der Waals surface area contributed by atoms with Crippen molar-refractivity contribution in [3.05, 3.63) is 72.0 Å². The highest BCUT2D eigenvalue weighted by molar-refractivity contribution is 6.13. The van der Waals surface area contributed by atoms with Crippen LogP contribution in [0.15, 0.2) is 65.2 Å². The van der Waals surface area contributed by atoms with Gasteiger partial charge in [-0.05, 0) is 50.6 Å². The Labute approximate surface area is 169 Å². The van der Waals surface area contributed by atoms with Crippen LogP contribution in [0, 0.1) is 12.3 Å². The molecule has 0 saturated carbocycles. The van der Waals surface area contributed by atoms with E-state index in [0.29, 0.717) is 23.8 Å². The van der Waals surface area contributed by atoms with Gasteiger partial charge in [-0.2, -0.15) is 0 Å². The molecule has 150 valence electrons. The van der Waals surface area contributed by atoms with Crippen LogP contribution in [0.4, 0.5) is 11.5 Å². The van der Waals surface area contributed by atoms with Crippen molar-refractivity contribution >= 4 is 23.3 Å². The van der Waals surface area contributed by atoms with Crippen LogP contribution in [0.25, 0.3) is 0 Å². The second-order valence-electron chi connectivity index (χ2n) is 7.15. The van der Waals surface area contributed by atoms with Crippen molar-refractivity contribution in [2.75, 3.05) is 10.6 Å². The topological polar surface area (TPSA) is 93.5 Å². The summed E-state index contributed by atoms with van der Waals surface area (Å²) in [5, 5.41) is 9.05. The highest BCUT2D eigenvalue weighted by Crippen LogP contribution is 2.23. The molecule has 0 spiro atoms. The van der Waals surface area contributed by atoms with Gasteiger partial charge in [-0.15, -0.1) is 0 Å². The number of aromatic nitrogens is 1. The number of aryl methyl sites for hydroxylation is 1. The van der Waals surface area contributed by atoms with Gasteiger partial charge in [0.25, 0.3) is 0 Å². The van der Waals surface area contributed by atoms with Crippen molar-refractivity contribution in [3.8, 4) is 5.75 Å². The van der Waals surface area contributed by atoms with Gasteiger partial charge in [0.2, 0.25) is 11.8 Å². The number of hydrogen-bond donors (Lipinski definition) is 2. The van der Waals surface area contributed by atoms with E-state index in [1.165, 1.54) is 0 Å². The number of nitrogens with zero attached hydrogens (tertiary/aromatic N) is 1. The zero-order chi connectivity index (χ0) is 20.9. The Hall–Kier alpha value is -3.61. The van der Waals surface area contributed by atoms with E-state index in [4.69, 9.17) is 9.26 Å². The van der Waals surface area contributed by atoms with Crippen LogP contribution in [0.2, 0.25) is 0 Å². The maximum atomic E-state index is 12.6. The number of nitrogens with one attached hydrogen (secondary N) is 2. The van der Waals surface area contributed by atoms with Crippen LogP contribution in [0.3, 0.4) is 0 Å². The number of anilines is 2. The minimum atomic E-state index is -1.31. The zero-order valence-corrected chi connectivity index (χ0v) is 16.6. The average Bonchev–Trinajstić information content (AvgIpc) is 3.12. The maximum absolute atomic E-state index is 12.6. The molecule has 0 bridgehead atoms. The van der Waals surface area contributed by atoms with Crippen LogP contribution in [-0.4, -0.2) is 17.0 Å². The molecule has 3 aromatic rings. The molecule has 7 nitrogen and oxygen atoms in total. The Bertz CT molecular complexity index is 979. The third-order valence-corrected chi connectivity index (χ3v) is 4.37. The predicted molar refractivity (Wildman–Crippen MR) is 109 cm³/mol. The SMILES string of the molecule is Cc1cc(NC(=O)C(C)(C)C(=O)Nc2ccc(OCc3ccccc3)cc2)no1. The van der Waals surface area contributed by atoms with Crippen molar-refractivity contribution in [2.45, 2.75) is 27.4 Å². The van der Waals surface area contributed by atoms with E-state index in [1.807, 2.05) is 30.3 Å². The third kappa shape index (κ3) is 5.22. The molecule has 2 aromatic carbocycles. The first-order valence-electron chi connectivity index (χ1n) is 9.17. The van der Waals surface area contributed by atoms with Gasteiger partial charge in [-0.1, -0.05) is 35.5 Å². The molecule has 0 saturated heterocycles. The number of amides is 2. The summed E-state index contributed by atoms with van der Waals surface area (Å²) in [4.78, 5) is 25.1. The summed E-state index contributed by atoms with van der Waals surface area (Å²) in [6, 6.07) is 18.4. The standard InChI is InChI=1S/C22H23N3O4/c1-15-13-19(25-29-15)24-21(27)22(2,3)20(26)23-17-9-11-18(12-10-17)28-14-16-7-5-4-6-8-16/h4-13H,14H2,1-3H3,(H,23,26)(H,24,25,27). The molecule has 0 aliphatic heterocycles. The Morgan fingerprint density at radius 2 is 1.66 bits per heavy atom. The van der Waals surface area contributed by atoms with E-state index >= 15 is 0 Å². The summed E-state index contributed by atoms with van der Waals surface area (Å²) in [6.07, 6.45) is 0. The minimum Gasteiger partial charge on any atom is -0.489 e. The summed E-state index contributed by atoms with van der Waals surface area (Å²) >= 11 is 0. The molecule has 2 amide bonds. The minimum absolute atomic E-state index is 0.272. The van der Waals surface area contributed by atoms with Crippen molar-refractivity contribution < 1.29 is 18.8 Å². The smallest absolute Gasteiger partial charge is 0.240 e. The normalized spacial score (nSPS) is 11.0. The Morgan fingerprint density at radius 1 is 1.00 bits per heavy atom. The molecule has 29 heavy (non-hydrogen) atoms. The molecule has 0 aliphatic carbocycles. The summed E-state index contributed by atoms with van der Waals surface area (Å²) in [6.45, 7) is 5.26. The average molecular weight is 393 g/mol. The van der Waals surface area contributed by atoms with Crippen LogP contribution in [-0.2, 0) is 16.2 Å². The number of rotatable bonds is 7. The fourth-order valence-electron chi connectivity index (χ4n) is 2.46. The highest BCUT2D eigenvalue weighted by Gasteiger charge is 2.36. The molecular formula is C22H23N3O4. The molecule has 0 atom stereocenters. The van der Waals surface area contributed by atoms with Crippen molar-refractivity contribution in [1.82, 2.24) is 5.16 Å². The van der Waals surface area contributed by atoms with Gasteiger partial charge < -0.3 is 19.9 Å². The van der Waals surface area contributed by atoms with Crippen LogP contribution in [0.5, 0.6) is 5.75 Å². The van der Waals surface area contributed by atoms with Gasteiger partial charge in [-0.3, -0.25) is 9.59 Å². The molecule has 1 heterocycles. The number of hydrogen-bond acceptors (Lipinski definition) is 5. The molecule has 0 unspecified atom stereocenters. The molecule has 0 fully saturated rings.